The van der Waals surface area contributed by atoms with Crippen LogP contribution in [-0.2, 0) is 11.2 Å². The van der Waals surface area contributed by atoms with Crippen LogP contribution in [-0.4, -0.2) is 33.9 Å². The average Bonchev–Trinajstić information content (AvgIpc) is 3.29. The third kappa shape index (κ3) is 3.42. The maximum atomic E-state index is 12.8. The molecule has 0 saturated heterocycles. The topological polar surface area (TPSA) is 58.1 Å². The number of rotatable bonds is 5. The predicted molar refractivity (Wildman–Crippen MR) is 99.0 cm³/mol. The predicted octanol–water partition coefficient (Wildman–Crippen LogP) is 3.57. The summed E-state index contributed by atoms with van der Waals surface area (Å²) in [6.45, 7) is 2.13. The molecule has 1 aliphatic carbocycles. The number of thioether (sulfide) groups is 1. The van der Waals surface area contributed by atoms with E-state index in [2.05, 4.69) is 34.6 Å². The van der Waals surface area contributed by atoms with Crippen LogP contribution in [0.4, 0.5) is 10.8 Å². The molecule has 2 heterocycles. The zero-order valence-corrected chi connectivity index (χ0v) is 15.2. The minimum Gasteiger partial charge on any atom is -0.357 e. The number of carbonyl (C=O) groups is 1. The molecule has 2 aromatic rings. The number of amides is 1. The van der Waals surface area contributed by atoms with Crippen LogP contribution in [0.5, 0.6) is 0 Å². The summed E-state index contributed by atoms with van der Waals surface area (Å²) in [5.41, 5.74) is 2.33. The van der Waals surface area contributed by atoms with E-state index in [0.29, 0.717) is 11.8 Å². The van der Waals surface area contributed by atoms with E-state index in [-0.39, 0.29) is 11.9 Å². The molecule has 1 fully saturated rings. The van der Waals surface area contributed by atoms with Gasteiger partial charge in [0.1, 0.15) is 0 Å². The number of benzene rings is 1. The van der Waals surface area contributed by atoms with E-state index in [1.165, 1.54) is 41.5 Å². The highest BCUT2D eigenvalue weighted by atomic mass is 32.2. The van der Waals surface area contributed by atoms with Crippen molar-refractivity contribution >= 4 is 39.8 Å². The molecule has 1 aromatic heterocycles. The molecule has 4 rings (SSSR count). The molecule has 1 aromatic carbocycles. The molecule has 1 amide bonds. The molecule has 24 heavy (non-hydrogen) atoms. The van der Waals surface area contributed by atoms with Gasteiger partial charge in [0.15, 0.2) is 4.34 Å². The minimum atomic E-state index is 0.145. The number of fused-ring (bicyclic) bond motifs is 1. The molecule has 1 saturated carbocycles. The number of aryl methyl sites for hydroxylation is 1. The first-order chi connectivity index (χ1) is 11.7. The van der Waals surface area contributed by atoms with Gasteiger partial charge in [-0.1, -0.05) is 41.3 Å². The van der Waals surface area contributed by atoms with Crippen molar-refractivity contribution in [2.45, 2.75) is 49.0 Å². The van der Waals surface area contributed by atoms with Crippen molar-refractivity contribution in [3.63, 3.8) is 0 Å². The lowest BCUT2D eigenvalue weighted by Gasteiger charge is -2.35. The second-order valence-electron chi connectivity index (χ2n) is 6.36. The van der Waals surface area contributed by atoms with E-state index in [4.69, 9.17) is 0 Å². The van der Waals surface area contributed by atoms with Crippen LogP contribution in [0.2, 0.25) is 0 Å². The van der Waals surface area contributed by atoms with Gasteiger partial charge in [0.25, 0.3) is 0 Å². The van der Waals surface area contributed by atoms with E-state index < -0.39 is 0 Å². The number of carbonyl (C=O) groups excluding carboxylic acids is 1. The minimum absolute atomic E-state index is 0.145. The normalized spacial score (nSPS) is 19.9. The SMILES string of the molecule is C[C@@H]1CCc2ccccc2N1C(=O)CSc1nnc(NC2CC2)s1. The Balaban J connectivity index is 1.41. The molecule has 126 valence electrons. The molecule has 1 atom stereocenters. The largest absolute Gasteiger partial charge is 0.357 e. The zero-order valence-electron chi connectivity index (χ0n) is 13.6. The van der Waals surface area contributed by atoms with Crippen molar-refractivity contribution in [1.82, 2.24) is 10.2 Å². The molecule has 2 aliphatic rings. The van der Waals surface area contributed by atoms with E-state index in [0.717, 1.165) is 28.0 Å². The smallest absolute Gasteiger partial charge is 0.237 e. The Morgan fingerprint density at radius 3 is 3.00 bits per heavy atom. The van der Waals surface area contributed by atoms with Crippen molar-refractivity contribution in [3.05, 3.63) is 29.8 Å². The van der Waals surface area contributed by atoms with Crippen LogP contribution in [0.15, 0.2) is 28.6 Å². The highest BCUT2D eigenvalue weighted by molar-refractivity contribution is 8.01. The molecule has 0 bridgehead atoms. The lowest BCUT2D eigenvalue weighted by molar-refractivity contribution is -0.116. The first kappa shape index (κ1) is 15.9. The Morgan fingerprint density at radius 2 is 2.17 bits per heavy atom. The Hall–Kier alpha value is -1.60. The maximum absolute atomic E-state index is 12.8. The zero-order chi connectivity index (χ0) is 16.5. The number of para-hydroxylation sites is 1. The van der Waals surface area contributed by atoms with Crippen molar-refractivity contribution < 1.29 is 4.79 Å². The molecular formula is C17H20N4OS2. The van der Waals surface area contributed by atoms with Gasteiger partial charge in [-0.3, -0.25) is 4.79 Å². The monoisotopic (exact) mass is 360 g/mol. The van der Waals surface area contributed by atoms with E-state index in [1.54, 1.807) is 0 Å². The number of aromatic nitrogens is 2. The van der Waals surface area contributed by atoms with Gasteiger partial charge in [-0.15, -0.1) is 10.2 Å². The first-order valence-electron chi connectivity index (χ1n) is 8.33. The highest BCUT2D eigenvalue weighted by Crippen LogP contribution is 2.33. The number of nitrogens with zero attached hydrogens (tertiary/aromatic N) is 3. The number of hydrogen-bond donors (Lipinski definition) is 1. The summed E-state index contributed by atoms with van der Waals surface area (Å²) in [4.78, 5) is 14.7. The quantitative estimate of drug-likeness (QED) is 0.826. The summed E-state index contributed by atoms with van der Waals surface area (Å²) in [5.74, 6) is 0.544. The van der Waals surface area contributed by atoms with Crippen LogP contribution < -0.4 is 10.2 Å². The van der Waals surface area contributed by atoms with Gasteiger partial charge in [-0.25, -0.2) is 0 Å². The molecule has 1 aliphatic heterocycles. The van der Waals surface area contributed by atoms with Crippen LogP contribution in [0.25, 0.3) is 0 Å². The van der Waals surface area contributed by atoms with Crippen molar-refractivity contribution in [3.8, 4) is 0 Å². The molecule has 0 unspecified atom stereocenters. The number of anilines is 2. The number of hydrogen-bond acceptors (Lipinski definition) is 6. The third-order valence-electron chi connectivity index (χ3n) is 4.42. The van der Waals surface area contributed by atoms with Gasteiger partial charge in [-0.2, -0.15) is 0 Å². The van der Waals surface area contributed by atoms with Crippen LogP contribution in [0, 0.1) is 0 Å². The van der Waals surface area contributed by atoms with Gasteiger partial charge >= 0.3 is 0 Å². The van der Waals surface area contributed by atoms with Crippen molar-refractivity contribution in [1.29, 1.82) is 0 Å². The fourth-order valence-electron chi connectivity index (χ4n) is 2.99. The average molecular weight is 361 g/mol. The lowest BCUT2D eigenvalue weighted by atomic mass is 9.97. The molecule has 7 heteroatoms. The summed E-state index contributed by atoms with van der Waals surface area (Å²) in [6, 6.07) is 9.04. The lowest BCUT2D eigenvalue weighted by Crippen LogP contribution is -2.43. The van der Waals surface area contributed by atoms with Crippen LogP contribution >= 0.6 is 23.1 Å². The fourth-order valence-corrected chi connectivity index (χ4v) is 4.68. The van der Waals surface area contributed by atoms with Gasteiger partial charge in [0, 0.05) is 17.8 Å². The van der Waals surface area contributed by atoms with Crippen molar-refractivity contribution in [2.24, 2.45) is 0 Å². The van der Waals surface area contributed by atoms with Gasteiger partial charge in [-0.05, 0) is 44.2 Å². The van der Waals surface area contributed by atoms with E-state index in [1.807, 2.05) is 17.0 Å². The van der Waals surface area contributed by atoms with Gasteiger partial charge in [0.2, 0.25) is 11.0 Å². The maximum Gasteiger partial charge on any atom is 0.237 e. The summed E-state index contributed by atoms with van der Waals surface area (Å²) in [5, 5.41) is 12.5. The van der Waals surface area contributed by atoms with Gasteiger partial charge in [0.05, 0.1) is 5.75 Å². The molecule has 0 radical (unpaired) electrons. The summed E-state index contributed by atoms with van der Waals surface area (Å²) in [6.07, 6.45) is 4.49. The fraction of sp³-hybridized carbons (Fsp3) is 0.471. The van der Waals surface area contributed by atoms with Gasteiger partial charge < -0.3 is 10.2 Å². The second kappa shape index (κ2) is 6.72. The van der Waals surface area contributed by atoms with E-state index in [9.17, 15) is 4.79 Å². The van der Waals surface area contributed by atoms with Crippen LogP contribution in [0.1, 0.15) is 31.7 Å². The Morgan fingerprint density at radius 1 is 1.33 bits per heavy atom. The molecule has 0 spiro atoms. The van der Waals surface area contributed by atoms with Crippen molar-refractivity contribution in [2.75, 3.05) is 16.0 Å². The summed E-state index contributed by atoms with van der Waals surface area (Å²) in [7, 11) is 0. The molecular weight excluding hydrogens is 340 g/mol. The molecule has 1 N–H and O–H groups in total. The van der Waals surface area contributed by atoms with Crippen LogP contribution in [0.3, 0.4) is 0 Å². The Kier molecular flexibility index (Phi) is 4.45. The van der Waals surface area contributed by atoms with E-state index >= 15 is 0 Å². The standard InChI is InChI=1S/C17H20N4OS2/c1-11-6-7-12-4-2-3-5-14(12)21(11)15(22)10-23-17-20-19-16(24-17)18-13-8-9-13/h2-5,11,13H,6-10H2,1H3,(H,18,19)/t11-/m1/s1. The first-order valence-corrected chi connectivity index (χ1v) is 10.1. The summed E-state index contributed by atoms with van der Waals surface area (Å²) >= 11 is 3.02. The number of nitrogens with one attached hydrogen (secondary N) is 1. The Bertz CT molecular complexity index is 744. The third-order valence-corrected chi connectivity index (χ3v) is 6.40. The summed E-state index contributed by atoms with van der Waals surface area (Å²) < 4.78 is 0.851. The highest BCUT2D eigenvalue weighted by Gasteiger charge is 2.28. The second-order valence-corrected chi connectivity index (χ2v) is 8.56. The Labute approximate surface area is 149 Å². The molecule has 5 nitrogen and oxygen atoms in total.